The van der Waals surface area contributed by atoms with Crippen molar-refractivity contribution in [2.24, 2.45) is 0 Å². The zero-order chi connectivity index (χ0) is 15.8. The van der Waals surface area contributed by atoms with E-state index in [1.165, 1.54) is 77.0 Å². The summed E-state index contributed by atoms with van der Waals surface area (Å²) >= 11 is 0. The van der Waals surface area contributed by atoms with Crippen molar-refractivity contribution in [3.63, 3.8) is 0 Å². The van der Waals surface area contributed by atoms with Gasteiger partial charge in [0.15, 0.2) is 0 Å². The quantitative estimate of drug-likeness (QED) is 0.271. The van der Waals surface area contributed by atoms with Gasteiger partial charge in [-0.3, -0.25) is 0 Å². The molecule has 0 rings (SSSR count). The van der Waals surface area contributed by atoms with Gasteiger partial charge in [-0.25, -0.2) is 0 Å². The predicted molar refractivity (Wildman–Crippen MR) is 92.6 cm³/mol. The Labute approximate surface area is 133 Å². The maximum absolute atomic E-state index is 9.12. The van der Waals surface area contributed by atoms with Crippen molar-refractivity contribution in [3.05, 3.63) is 0 Å². The lowest BCUT2D eigenvalue weighted by molar-refractivity contribution is -0.116. The molecule has 0 saturated heterocycles. The van der Waals surface area contributed by atoms with Crippen LogP contribution in [0, 0.1) is 0 Å². The Bertz CT molecular complexity index is 188. The zero-order valence-electron chi connectivity index (χ0n) is 15.0. The molecule has 2 heteroatoms. The van der Waals surface area contributed by atoms with E-state index in [1.54, 1.807) is 0 Å². The van der Waals surface area contributed by atoms with Gasteiger partial charge >= 0.3 is 0 Å². The summed E-state index contributed by atoms with van der Waals surface area (Å²) in [5, 5.41) is 9.12. The maximum Gasteiger partial charge on any atom is 0.144 e. The minimum absolute atomic E-state index is 0.107. The molecular weight excluding hydrogens is 260 g/mol. The van der Waals surface area contributed by atoms with E-state index in [0.29, 0.717) is 0 Å². The summed E-state index contributed by atoms with van der Waals surface area (Å²) in [5.74, 6) is 0. The molecule has 0 fully saturated rings. The normalized spacial score (nSPS) is 12.0. The molecule has 0 aromatic rings. The largest absolute Gasteiger partial charge is 0.371 e. The molecule has 0 heterocycles. The van der Waals surface area contributed by atoms with Gasteiger partial charge in [0.1, 0.15) is 6.79 Å². The summed E-state index contributed by atoms with van der Waals surface area (Å²) in [5.41, 5.74) is -0.107. The molecule has 0 saturated carbocycles. The van der Waals surface area contributed by atoms with E-state index in [-0.39, 0.29) is 12.4 Å². The molecule has 0 aliphatic heterocycles. The molecule has 0 aromatic carbocycles. The van der Waals surface area contributed by atoms with Crippen molar-refractivity contribution >= 4 is 0 Å². The molecule has 0 aromatic heterocycles. The van der Waals surface area contributed by atoms with Crippen LogP contribution in [0.5, 0.6) is 0 Å². The van der Waals surface area contributed by atoms with Crippen molar-refractivity contribution in [3.8, 4) is 0 Å². The summed E-state index contributed by atoms with van der Waals surface area (Å²) in [6.45, 7) is 6.56. The van der Waals surface area contributed by atoms with Crippen molar-refractivity contribution in [1.29, 1.82) is 0 Å². The SMILES string of the molecule is CCCCCCCCC(C)(CCCCCCCC)OCO. The molecule has 0 spiro atoms. The standard InChI is InChI=1S/C19H40O2/c1-4-6-8-10-12-14-16-19(3,21-18-20)17-15-13-11-9-7-5-2/h20H,4-18H2,1-3H3. The first-order valence-corrected chi connectivity index (χ1v) is 9.43. The number of ether oxygens (including phenoxy) is 1. The minimum atomic E-state index is -0.137. The Morgan fingerprint density at radius 1 is 0.667 bits per heavy atom. The molecule has 0 aliphatic rings. The molecule has 128 valence electrons. The number of hydrogen-bond acceptors (Lipinski definition) is 2. The van der Waals surface area contributed by atoms with Crippen molar-refractivity contribution in [2.75, 3.05) is 6.79 Å². The first-order valence-electron chi connectivity index (χ1n) is 9.43. The fourth-order valence-corrected chi connectivity index (χ4v) is 2.98. The summed E-state index contributed by atoms with van der Waals surface area (Å²) < 4.78 is 5.64. The molecule has 0 bridgehead atoms. The predicted octanol–water partition coefficient (Wildman–Crippen LogP) is 6.21. The Balaban J connectivity index is 3.73. The highest BCUT2D eigenvalue weighted by atomic mass is 16.6. The molecular formula is C19H40O2. The second kappa shape index (κ2) is 14.8. The van der Waals surface area contributed by atoms with Crippen LogP contribution in [-0.2, 0) is 4.74 Å². The molecule has 1 N–H and O–H groups in total. The van der Waals surface area contributed by atoms with E-state index in [9.17, 15) is 0 Å². The molecule has 0 aliphatic carbocycles. The van der Waals surface area contributed by atoms with Crippen LogP contribution in [0.1, 0.15) is 111 Å². The fourth-order valence-electron chi connectivity index (χ4n) is 2.98. The number of hydrogen-bond donors (Lipinski definition) is 1. The maximum atomic E-state index is 9.12. The van der Waals surface area contributed by atoms with Gasteiger partial charge in [0.2, 0.25) is 0 Å². The second-order valence-corrected chi connectivity index (χ2v) is 6.76. The molecule has 0 radical (unpaired) electrons. The molecule has 0 unspecified atom stereocenters. The second-order valence-electron chi connectivity index (χ2n) is 6.76. The Kier molecular flexibility index (Phi) is 14.8. The van der Waals surface area contributed by atoms with Crippen LogP contribution in [0.3, 0.4) is 0 Å². The van der Waals surface area contributed by atoms with Gasteiger partial charge in [-0.05, 0) is 19.8 Å². The highest BCUT2D eigenvalue weighted by molar-refractivity contribution is 4.75. The molecule has 2 nitrogen and oxygen atoms in total. The number of aliphatic hydroxyl groups is 1. The molecule has 0 amide bonds. The summed E-state index contributed by atoms with van der Waals surface area (Å²) in [4.78, 5) is 0. The average Bonchev–Trinajstić information content (AvgIpc) is 2.47. The van der Waals surface area contributed by atoms with E-state index >= 15 is 0 Å². The Hall–Kier alpha value is -0.0800. The van der Waals surface area contributed by atoms with Crippen LogP contribution in [0.4, 0.5) is 0 Å². The number of rotatable bonds is 16. The topological polar surface area (TPSA) is 29.5 Å². The van der Waals surface area contributed by atoms with E-state index in [2.05, 4.69) is 20.8 Å². The highest BCUT2D eigenvalue weighted by Gasteiger charge is 2.23. The van der Waals surface area contributed by atoms with Gasteiger partial charge in [-0.1, -0.05) is 90.9 Å². The number of unbranched alkanes of at least 4 members (excludes halogenated alkanes) is 10. The van der Waals surface area contributed by atoms with Crippen LogP contribution in [0.15, 0.2) is 0 Å². The van der Waals surface area contributed by atoms with Gasteiger partial charge < -0.3 is 9.84 Å². The smallest absolute Gasteiger partial charge is 0.144 e. The minimum Gasteiger partial charge on any atom is -0.371 e. The van der Waals surface area contributed by atoms with Gasteiger partial charge in [0, 0.05) is 0 Å². The Morgan fingerprint density at radius 3 is 1.43 bits per heavy atom. The first kappa shape index (κ1) is 20.9. The van der Waals surface area contributed by atoms with E-state index in [4.69, 9.17) is 9.84 Å². The van der Waals surface area contributed by atoms with E-state index in [1.807, 2.05) is 0 Å². The lowest BCUT2D eigenvalue weighted by Crippen LogP contribution is -2.29. The zero-order valence-corrected chi connectivity index (χ0v) is 15.0. The molecule has 21 heavy (non-hydrogen) atoms. The lowest BCUT2D eigenvalue weighted by atomic mass is 9.91. The van der Waals surface area contributed by atoms with Crippen LogP contribution in [0.25, 0.3) is 0 Å². The van der Waals surface area contributed by atoms with Crippen LogP contribution in [0.2, 0.25) is 0 Å². The van der Waals surface area contributed by atoms with Crippen molar-refractivity contribution in [2.45, 2.75) is 116 Å². The van der Waals surface area contributed by atoms with Gasteiger partial charge in [-0.15, -0.1) is 0 Å². The van der Waals surface area contributed by atoms with Crippen LogP contribution in [-0.4, -0.2) is 17.5 Å². The summed E-state index contributed by atoms with van der Waals surface area (Å²) in [7, 11) is 0. The van der Waals surface area contributed by atoms with E-state index < -0.39 is 0 Å². The van der Waals surface area contributed by atoms with Gasteiger partial charge in [0.25, 0.3) is 0 Å². The summed E-state index contributed by atoms with van der Waals surface area (Å²) in [6, 6.07) is 0. The third-order valence-electron chi connectivity index (χ3n) is 4.53. The highest BCUT2D eigenvalue weighted by Crippen LogP contribution is 2.26. The van der Waals surface area contributed by atoms with Crippen molar-refractivity contribution < 1.29 is 9.84 Å². The van der Waals surface area contributed by atoms with Gasteiger partial charge in [-0.2, -0.15) is 0 Å². The van der Waals surface area contributed by atoms with E-state index in [0.717, 1.165) is 12.8 Å². The average molecular weight is 301 g/mol. The lowest BCUT2D eigenvalue weighted by Gasteiger charge is -2.29. The molecule has 0 atom stereocenters. The van der Waals surface area contributed by atoms with Crippen LogP contribution < -0.4 is 0 Å². The monoisotopic (exact) mass is 300 g/mol. The Morgan fingerprint density at radius 2 is 1.05 bits per heavy atom. The van der Waals surface area contributed by atoms with Crippen LogP contribution >= 0.6 is 0 Å². The number of aliphatic hydroxyl groups excluding tert-OH is 1. The third-order valence-corrected chi connectivity index (χ3v) is 4.53. The summed E-state index contributed by atoms with van der Waals surface area (Å²) in [6.07, 6.45) is 18.0. The van der Waals surface area contributed by atoms with Gasteiger partial charge in [0.05, 0.1) is 5.60 Å². The van der Waals surface area contributed by atoms with Crippen molar-refractivity contribution in [1.82, 2.24) is 0 Å². The third kappa shape index (κ3) is 13.3. The fraction of sp³-hybridized carbons (Fsp3) is 1.00. The first-order chi connectivity index (χ1) is 10.2.